The van der Waals surface area contributed by atoms with Gasteiger partial charge in [-0.05, 0) is 26.7 Å². The molecule has 1 heterocycles. The van der Waals surface area contributed by atoms with Crippen LogP contribution in [0.4, 0.5) is 0 Å². The van der Waals surface area contributed by atoms with Crippen molar-refractivity contribution < 1.29 is 9.90 Å². The lowest BCUT2D eigenvalue weighted by Crippen LogP contribution is -2.18. The molecule has 1 aromatic heterocycles. The van der Waals surface area contributed by atoms with Gasteiger partial charge in [-0.1, -0.05) is 6.42 Å². The average molecular weight is 222 g/mol. The minimum absolute atomic E-state index is 0.0958. The first-order chi connectivity index (χ1) is 7.59. The molecular weight excluding hydrogens is 204 g/mol. The number of nitrogens with zero attached hydrogens (tertiary/aromatic N) is 2. The molecule has 88 valence electrons. The highest BCUT2D eigenvalue weighted by Crippen LogP contribution is 2.39. The van der Waals surface area contributed by atoms with E-state index in [1.54, 1.807) is 6.20 Å². The van der Waals surface area contributed by atoms with Crippen LogP contribution in [0, 0.1) is 0 Å². The molecule has 16 heavy (non-hydrogen) atoms. The number of carboxylic acids is 1. The molecular formula is C12H18N2O2. The zero-order valence-corrected chi connectivity index (χ0v) is 9.81. The molecule has 1 fully saturated rings. The zero-order valence-electron chi connectivity index (χ0n) is 9.81. The zero-order chi connectivity index (χ0) is 11.7. The van der Waals surface area contributed by atoms with E-state index in [0.717, 1.165) is 11.3 Å². The third-order valence-electron chi connectivity index (χ3n) is 3.24. The maximum Gasteiger partial charge on any atom is 0.307 e. The van der Waals surface area contributed by atoms with Crippen LogP contribution in [0.15, 0.2) is 6.20 Å². The lowest BCUT2D eigenvalue weighted by molar-refractivity contribution is -0.136. The van der Waals surface area contributed by atoms with E-state index in [2.05, 4.69) is 18.9 Å². The predicted octanol–water partition coefficient (Wildman–Crippen LogP) is 2.36. The van der Waals surface area contributed by atoms with Crippen LogP contribution in [-0.4, -0.2) is 20.9 Å². The number of hydrogen-bond donors (Lipinski definition) is 1. The van der Waals surface area contributed by atoms with Crippen molar-refractivity contribution in [2.24, 2.45) is 0 Å². The number of carboxylic acid groups (broad SMARTS) is 1. The van der Waals surface area contributed by atoms with E-state index < -0.39 is 5.97 Å². The normalized spacial score (nSPS) is 16.4. The van der Waals surface area contributed by atoms with Crippen molar-refractivity contribution in [3.8, 4) is 0 Å². The Labute approximate surface area is 95.3 Å². The maximum absolute atomic E-state index is 10.8. The Kier molecular flexibility index (Phi) is 2.99. The van der Waals surface area contributed by atoms with Gasteiger partial charge in [-0.2, -0.15) is 5.10 Å². The molecule has 0 amide bonds. The van der Waals surface area contributed by atoms with Crippen molar-refractivity contribution in [3.05, 3.63) is 17.5 Å². The first-order valence-electron chi connectivity index (χ1n) is 5.87. The van der Waals surface area contributed by atoms with Crippen LogP contribution in [0.25, 0.3) is 0 Å². The Morgan fingerprint density at radius 1 is 1.62 bits per heavy atom. The van der Waals surface area contributed by atoms with Gasteiger partial charge in [0.05, 0.1) is 12.6 Å². The molecule has 0 aliphatic heterocycles. The molecule has 1 aliphatic rings. The van der Waals surface area contributed by atoms with Gasteiger partial charge in [0.15, 0.2) is 0 Å². The molecule has 1 N–H and O–H groups in total. The summed E-state index contributed by atoms with van der Waals surface area (Å²) in [4.78, 5) is 10.8. The standard InChI is InChI=1S/C12H18N2O2/c1-8(2)14-12(9-4-3-5-9)10(7-13-14)6-11(15)16/h7-9H,3-6H2,1-2H3,(H,15,16). The van der Waals surface area contributed by atoms with Gasteiger partial charge in [0.2, 0.25) is 0 Å². The summed E-state index contributed by atoms with van der Waals surface area (Å²) < 4.78 is 1.99. The van der Waals surface area contributed by atoms with Gasteiger partial charge in [-0.3, -0.25) is 9.48 Å². The highest BCUT2D eigenvalue weighted by atomic mass is 16.4. The monoisotopic (exact) mass is 222 g/mol. The van der Waals surface area contributed by atoms with E-state index in [1.165, 1.54) is 19.3 Å². The number of hydrogen-bond acceptors (Lipinski definition) is 2. The Morgan fingerprint density at radius 3 is 2.75 bits per heavy atom. The first kappa shape index (κ1) is 11.2. The average Bonchev–Trinajstić information content (AvgIpc) is 2.45. The Bertz CT molecular complexity index is 392. The Morgan fingerprint density at radius 2 is 2.31 bits per heavy atom. The third kappa shape index (κ3) is 1.96. The van der Waals surface area contributed by atoms with Crippen LogP contribution >= 0.6 is 0 Å². The van der Waals surface area contributed by atoms with Crippen molar-refractivity contribution in [3.63, 3.8) is 0 Å². The van der Waals surface area contributed by atoms with Gasteiger partial charge in [0.1, 0.15) is 0 Å². The van der Waals surface area contributed by atoms with Gasteiger partial charge < -0.3 is 5.11 Å². The van der Waals surface area contributed by atoms with Crippen molar-refractivity contribution >= 4 is 5.97 Å². The molecule has 1 saturated carbocycles. The molecule has 1 aliphatic carbocycles. The molecule has 2 rings (SSSR count). The van der Waals surface area contributed by atoms with Crippen LogP contribution in [0.3, 0.4) is 0 Å². The Balaban J connectivity index is 2.33. The molecule has 4 nitrogen and oxygen atoms in total. The second kappa shape index (κ2) is 4.28. The summed E-state index contributed by atoms with van der Waals surface area (Å²) in [6, 6.07) is 0.304. The molecule has 0 atom stereocenters. The van der Waals surface area contributed by atoms with E-state index >= 15 is 0 Å². The SMILES string of the molecule is CC(C)n1ncc(CC(=O)O)c1C1CCC1. The van der Waals surface area contributed by atoms with Crippen LogP contribution < -0.4 is 0 Å². The van der Waals surface area contributed by atoms with E-state index in [-0.39, 0.29) is 6.42 Å². The van der Waals surface area contributed by atoms with E-state index in [1.807, 2.05) is 4.68 Å². The number of aromatic nitrogens is 2. The lowest BCUT2D eigenvalue weighted by atomic mass is 9.81. The smallest absolute Gasteiger partial charge is 0.307 e. The molecule has 0 unspecified atom stereocenters. The highest BCUT2D eigenvalue weighted by molar-refractivity contribution is 5.70. The van der Waals surface area contributed by atoms with Crippen molar-refractivity contribution in [2.45, 2.75) is 51.5 Å². The summed E-state index contributed by atoms with van der Waals surface area (Å²) in [5.41, 5.74) is 2.05. The summed E-state index contributed by atoms with van der Waals surface area (Å²) >= 11 is 0. The fourth-order valence-electron chi connectivity index (χ4n) is 2.25. The predicted molar refractivity (Wildman–Crippen MR) is 60.5 cm³/mol. The minimum Gasteiger partial charge on any atom is -0.481 e. The van der Waals surface area contributed by atoms with Gasteiger partial charge in [-0.15, -0.1) is 0 Å². The van der Waals surface area contributed by atoms with Gasteiger partial charge in [-0.25, -0.2) is 0 Å². The fourth-order valence-corrected chi connectivity index (χ4v) is 2.25. The molecule has 0 radical (unpaired) electrons. The van der Waals surface area contributed by atoms with Crippen LogP contribution in [0.1, 0.15) is 56.3 Å². The first-order valence-corrected chi connectivity index (χ1v) is 5.87. The lowest BCUT2D eigenvalue weighted by Gasteiger charge is -2.28. The number of carbonyl (C=O) groups is 1. The number of aliphatic carboxylic acids is 1. The van der Waals surface area contributed by atoms with Crippen LogP contribution in [0.5, 0.6) is 0 Å². The Hall–Kier alpha value is -1.32. The molecule has 0 spiro atoms. The molecule has 0 saturated heterocycles. The van der Waals surface area contributed by atoms with Crippen molar-refractivity contribution in [1.82, 2.24) is 9.78 Å². The molecule has 0 aromatic carbocycles. The number of rotatable bonds is 4. The second-order valence-electron chi connectivity index (χ2n) is 4.79. The van der Waals surface area contributed by atoms with Crippen LogP contribution in [0.2, 0.25) is 0 Å². The van der Waals surface area contributed by atoms with Crippen LogP contribution in [-0.2, 0) is 11.2 Å². The van der Waals surface area contributed by atoms with E-state index in [4.69, 9.17) is 5.11 Å². The van der Waals surface area contributed by atoms with Crippen molar-refractivity contribution in [1.29, 1.82) is 0 Å². The quantitative estimate of drug-likeness (QED) is 0.850. The maximum atomic E-state index is 10.8. The summed E-state index contributed by atoms with van der Waals surface area (Å²) in [5.74, 6) is -0.247. The fraction of sp³-hybridized carbons (Fsp3) is 0.667. The largest absolute Gasteiger partial charge is 0.481 e. The van der Waals surface area contributed by atoms with E-state index in [9.17, 15) is 4.79 Å². The summed E-state index contributed by atoms with van der Waals surface area (Å²) in [7, 11) is 0. The molecule has 4 heteroatoms. The summed E-state index contributed by atoms with van der Waals surface area (Å²) in [6.07, 6.45) is 5.41. The van der Waals surface area contributed by atoms with Gasteiger partial charge in [0.25, 0.3) is 0 Å². The summed E-state index contributed by atoms with van der Waals surface area (Å²) in [6.45, 7) is 4.17. The molecule has 1 aromatic rings. The van der Waals surface area contributed by atoms with Crippen molar-refractivity contribution in [2.75, 3.05) is 0 Å². The topological polar surface area (TPSA) is 55.1 Å². The third-order valence-corrected chi connectivity index (χ3v) is 3.24. The van der Waals surface area contributed by atoms with Gasteiger partial charge in [0, 0.05) is 23.2 Å². The summed E-state index contributed by atoms with van der Waals surface area (Å²) in [5, 5.41) is 13.2. The second-order valence-corrected chi connectivity index (χ2v) is 4.79. The minimum atomic E-state index is -0.774. The van der Waals surface area contributed by atoms with E-state index in [0.29, 0.717) is 12.0 Å². The highest BCUT2D eigenvalue weighted by Gasteiger charge is 2.27. The molecule has 0 bridgehead atoms. The van der Waals surface area contributed by atoms with Gasteiger partial charge >= 0.3 is 5.97 Å².